The Bertz CT molecular complexity index is 321. The lowest BCUT2D eigenvalue weighted by Gasteiger charge is -2.36. The molecular formula is C10H22N2O3S. The fraction of sp³-hybridized carbons (Fsp3) is 1.00. The lowest BCUT2D eigenvalue weighted by Crippen LogP contribution is -2.53. The Morgan fingerprint density at radius 2 is 2.12 bits per heavy atom. The normalized spacial score (nSPS) is 23.7. The van der Waals surface area contributed by atoms with Crippen LogP contribution < -0.4 is 5.32 Å². The van der Waals surface area contributed by atoms with Gasteiger partial charge in [0.2, 0.25) is 10.0 Å². The van der Waals surface area contributed by atoms with Gasteiger partial charge in [0.25, 0.3) is 0 Å². The van der Waals surface area contributed by atoms with Gasteiger partial charge in [0.1, 0.15) is 0 Å². The van der Waals surface area contributed by atoms with Gasteiger partial charge in [-0.1, -0.05) is 0 Å². The van der Waals surface area contributed by atoms with Gasteiger partial charge in [-0.05, 0) is 33.2 Å². The van der Waals surface area contributed by atoms with Crippen molar-refractivity contribution in [3.05, 3.63) is 0 Å². The molecule has 1 aliphatic rings. The summed E-state index contributed by atoms with van der Waals surface area (Å²) < 4.78 is 25.8. The summed E-state index contributed by atoms with van der Waals surface area (Å²) in [5.41, 5.74) is -0.740. The predicted octanol–water partition coefficient (Wildman–Crippen LogP) is -0.229. The first kappa shape index (κ1) is 13.9. The summed E-state index contributed by atoms with van der Waals surface area (Å²) >= 11 is 0. The van der Waals surface area contributed by atoms with Gasteiger partial charge >= 0.3 is 0 Å². The van der Waals surface area contributed by atoms with Crippen LogP contribution in [0.25, 0.3) is 0 Å². The molecule has 0 aromatic carbocycles. The van der Waals surface area contributed by atoms with Crippen molar-refractivity contribution in [2.24, 2.45) is 0 Å². The summed E-state index contributed by atoms with van der Waals surface area (Å²) in [6.45, 7) is 4.66. The highest BCUT2D eigenvalue weighted by Gasteiger charge is 2.38. The molecular weight excluding hydrogens is 228 g/mol. The maximum atomic E-state index is 12.3. The molecule has 0 bridgehead atoms. The number of rotatable bonds is 4. The standard InChI is InChI=1S/C10H22N2O3S/c1-10(2,8-13)12(3)16(14,15)9-5-4-6-11-7-9/h9,11,13H,4-8H2,1-3H3. The molecule has 1 fully saturated rings. The van der Waals surface area contributed by atoms with Crippen LogP contribution in [0, 0.1) is 0 Å². The molecule has 0 aromatic rings. The molecule has 5 nitrogen and oxygen atoms in total. The lowest BCUT2D eigenvalue weighted by atomic mass is 10.1. The molecule has 2 N–H and O–H groups in total. The maximum Gasteiger partial charge on any atom is 0.218 e. The van der Waals surface area contributed by atoms with Crippen molar-refractivity contribution >= 4 is 10.0 Å². The fourth-order valence-corrected chi connectivity index (χ4v) is 3.73. The zero-order valence-corrected chi connectivity index (χ0v) is 11.0. The molecule has 96 valence electrons. The monoisotopic (exact) mass is 250 g/mol. The number of hydrogen-bond acceptors (Lipinski definition) is 4. The summed E-state index contributed by atoms with van der Waals surface area (Å²) in [6, 6.07) is 0. The SMILES string of the molecule is CN(C(C)(C)CO)S(=O)(=O)C1CCCNC1. The van der Waals surface area contributed by atoms with Crippen LogP contribution >= 0.6 is 0 Å². The third-order valence-electron chi connectivity index (χ3n) is 3.29. The summed E-state index contributed by atoms with van der Waals surface area (Å²) in [5, 5.41) is 11.9. The predicted molar refractivity (Wildman–Crippen MR) is 63.7 cm³/mol. The van der Waals surface area contributed by atoms with Gasteiger partial charge in [-0.2, -0.15) is 4.31 Å². The molecule has 0 radical (unpaired) electrons. The third kappa shape index (κ3) is 2.74. The third-order valence-corrected chi connectivity index (χ3v) is 5.80. The van der Waals surface area contributed by atoms with E-state index in [2.05, 4.69) is 5.32 Å². The average Bonchev–Trinajstić information content (AvgIpc) is 2.29. The van der Waals surface area contributed by atoms with Gasteiger partial charge in [-0.25, -0.2) is 8.42 Å². The van der Waals surface area contributed by atoms with E-state index >= 15 is 0 Å². The number of sulfonamides is 1. The van der Waals surface area contributed by atoms with E-state index in [1.807, 2.05) is 0 Å². The second-order valence-electron chi connectivity index (χ2n) is 4.95. The van der Waals surface area contributed by atoms with Gasteiger partial charge in [0.15, 0.2) is 0 Å². The quantitative estimate of drug-likeness (QED) is 0.723. The summed E-state index contributed by atoms with van der Waals surface area (Å²) in [6.07, 6.45) is 1.58. The molecule has 1 rings (SSSR count). The molecule has 1 heterocycles. The van der Waals surface area contributed by atoms with E-state index in [1.54, 1.807) is 20.9 Å². The van der Waals surface area contributed by atoms with E-state index in [-0.39, 0.29) is 11.9 Å². The minimum absolute atomic E-state index is 0.178. The van der Waals surface area contributed by atoms with Crippen molar-refractivity contribution in [2.75, 3.05) is 26.7 Å². The highest BCUT2D eigenvalue weighted by Crippen LogP contribution is 2.22. The zero-order chi connectivity index (χ0) is 12.4. The number of hydrogen-bond donors (Lipinski definition) is 2. The topological polar surface area (TPSA) is 69.6 Å². The number of likely N-dealkylation sites (N-methyl/N-ethyl adjacent to an activating group) is 1. The maximum absolute atomic E-state index is 12.3. The van der Waals surface area contributed by atoms with Crippen LogP contribution in [0.1, 0.15) is 26.7 Å². The molecule has 1 unspecified atom stereocenters. The van der Waals surface area contributed by atoms with Gasteiger partial charge in [-0.3, -0.25) is 0 Å². The van der Waals surface area contributed by atoms with Crippen LogP contribution in [0.3, 0.4) is 0 Å². The average molecular weight is 250 g/mol. The second kappa shape index (κ2) is 5.00. The number of nitrogens with zero attached hydrogens (tertiary/aromatic N) is 1. The number of piperidine rings is 1. The largest absolute Gasteiger partial charge is 0.394 e. The Balaban J connectivity index is 2.84. The molecule has 0 aliphatic carbocycles. The van der Waals surface area contributed by atoms with E-state index in [9.17, 15) is 13.5 Å². The van der Waals surface area contributed by atoms with Crippen molar-refractivity contribution in [1.82, 2.24) is 9.62 Å². The van der Waals surface area contributed by atoms with Crippen LogP contribution in [0.15, 0.2) is 0 Å². The van der Waals surface area contributed by atoms with E-state index in [1.165, 1.54) is 4.31 Å². The van der Waals surface area contributed by atoms with Gasteiger partial charge < -0.3 is 10.4 Å². The fourth-order valence-electron chi connectivity index (χ4n) is 1.74. The Morgan fingerprint density at radius 1 is 1.50 bits per heavy atom. The Kier molecular flexibility index (Phi) is 4.34. The first-order valence-electron chi connectivity index (χ1n) is 5.62. The van der Waals surface area contributed by atoms with Crippen LogP contribution in [-0.2, 0) is 10.0 Å². The lowest BCUT2D eigenvalue weighted by molar-refractivity contribution is 0.136. The van der Waals surface area contributed by atoms with Crippen LogP contribution in [-0.4, -0.2) is 55.4 Å². The molecule has 6 heteroatoms. The molecule has 1 atom stereocenters. The molecule has 1 saturated heterocycles. The molecule has 1 aliphatic heterocycles. The van der Waals surface area contributed by atoms with Gasteiger partial charge in [-0.15, -0.1) is 0 Å². The summed E-state index contributed by atoms with van der Waals surface area (Å²) in [4.78, 5) is 0. The highest BCUT2D eigenvalue weighted by molar-refractivity contribution is 7.89. The van der Waals surface area contributed by atoms with E-state index in [4.69, 9.17) is 0 Å². The van der Waals surface area contributed by atoms with E-state index < -0.39 is 15.6 Å². The molecule has 0 amide bonds. The van der Waals surface area contributed by atoms with Crippen LogP contribution in [0.4, 0.5) is 0 Å². The smallest absolute Gasteiger partial charge is 0.218 e. The van der Waals surface area contributed by atoms with Crippen molar-refractivity contribution < 1.29 is 13.5 Å². The highest BCUT2D eigenvalue weighted by atomic mass is 32.2. The van der Waals surface area contributed by atoms with E-state index in [0.717, 1.165) is 13.0 Å². The van der Waals surface area contributed by atoms with Gasteiger partial charge in [0.05, 0.1) is 17.4 Å². The summed E-state index contributed by atoms with van der Waals surface area (Å²) in [7, 11) is -1.78. The van der Waals surface area contributed by atoms with E-state index in [0.29, 0.717) is 13.0 Å². The van der Waals surface area contributed by atoms with Crippen LogP contribution in [0.5, 0.6) is 0 Å². The second-order valence-corrected chi connectivity index (χ2v) is 7.20. The minimum atomic E-state index is -3.32. The molecule has 0 saturated carbocycles. The van der Waals surface area contributed by atoms with Crippen LogP contribution in [0.2, 0.25) is 0 Å². The Morgan fingerprint density at radius 3 is 2.56 bits per heavy atom. The summed E-state index contributed by atoms with van der Waals surface area (Å²) in [5.74, 6) is 0. The number of aliphatic hydroxyl groups is 1. The zero-order valence-electron chi connectivity index (χ0n) is 10.2. The molecule has 16 heavy (non-hydrogen) atoms. The van der Waals surface area contributed by atoms with Crippen molar-refractivity contribution in [3.63, 3.8) is 0 Å². The van der Waals surface area contributed by atoms with Crippen molar-refractivity contribution in [2.45, 2.75) is 37.5 Å². The number of aliphatic hydroxyl groups excluding tert-OH is 1. The first-order chi connectivity index (χ1) is 7.32. The minimum Gasteiger partial charge on any atom is -0.394 e. The van der Waals surface area contributed by atoms with Crippen molar-refractivity contribution in [3.8, 4) is 0 Å². The Hall–Kier alpha value is -0.170. The molecule has 0 aromatic heterocycles. The first-order valence-corrected chi connectivity index (χ1v) is 7.12. The molecule has 0 spiro atoms. The Labute approximate surface area is 97.9 Å². The number of nitrogens with one attached hydrogen (secondary N) is 1. The van der Waals surface area contributed by atoms with Crippen molar-refractivity contribution in [1.29, 1.82) is 0 Å². The van der Waals surface area contributed by atoms with Gasteiger partial charge in [0, 0.05) is 13.6 Å².